The molecule has 3 unspecified atom stereocenters. The molecule has 1 aliphatic carbocycles. The standard InChI is InChI=1S/C10H20N2O2S3/c1-3-16-9-5-4-8(6-9)12-17(13,14)7(2)10(11)15/h7-9,12H,3-6H2,1-2H3,(H2,11,15). The zero-order chi connectivity index (χ0) is 13.1. The van der Waals surface area contributed by atoms with Gasteiger partial charge in [0.05, 0.1) is 4.99 Å². The van der Waals surface area contributed by atoms with Crippen LogP contribution in [0.1, 0.15) is 33.1 Å². The molecule has 0 saturated heterocycles. The summed E-state index contributed by atoms with van der Waals surface area (Å²) in [6.07, 6.45) is 2.88. The Bertz CT molecular complexity index is 370. The summed E-state index contributed by atoms with van der Waals surface area (Å²) in [7, 11) is -3.41. The SMILES string of the molecule is CCSC1CCC(NS(=O)(=O)C(C)C(N)=S)C1. The molecule has 0 radical (unpaired) electrons. The molecule has 4 nitrogen and oxygen atoms in total. The Labute approximate surface area is 113 Å². The lowest BCUT2D eigenvalue weighted by molar-refractivity contribution is 0.550. The summed E-state index contributed by atoms with van der Waals surface area (Å²) in [5.41, 5.74) is 5.38. The first-order valence-corrected chi connectivity index (χ1v) is 8.79. The molecule has 0 amide bonds. The molecule has 1 saturated carbocycles. The Morgan fingerprint density at radius 2 is 2.24 bits per heavy atom. The first kappa shape index (κ1) is 15.2. The van der Waals surface area contributed by atoms with E-state index in [4.69, 9.17) is 18.0 Å². The van der Waals surface area contributed by atoms with Crippen molar-refractivity contribution in [3.63, 3.8) is 0 Å². The molecule has 3 N–H and O–H groups in total. The van der Waals surface area contributed by atoms with E-state index in [-0.39, 0.29) is 11.0 Å². The average molecular weight is 296 g/mol. The van der Waals surface area contributed by atoms with Gasteiger partial charge in [0.25, 0.3) is 0 Å². The van der Waals surface area contributed by atoms with Crippen LogP contribution in [0.2, 0.25) is 0 Å². The molecule has 0 bridgehead atoms. The second kappa shape index (κ2) is 6.36. The van der Waals surface area contributed by atoms with Crippen LogP contribution in [0.25, 0.3) is 0 Å². The van der Waals surface area contributed by atoms with Crippen molar-refractivity contribution in [3.05, 3.63) is 0 Å². The van der Waals surface area contributed by atoms with Gasteiger partial charge in [0.1, 0.15) is 5.25 Å². The fourth-order valence-corrected chi connectivity index (χ4v) is 4.63. The summed E-state index contributed by atoms with van der Waals surface area (Å²) in [5, 5.41) is -0.219. The normalized spacial score (nSPS) is 26.9. The number of nitrogens with one attached hydrogen (secondary N) is 1. The van der Waals surface area contributed by atoms with Crippen LogP contribution in [-0.2, 0) is 10.0 Å². The molecule has 3 atom stereocenters. The molecule has 0 aromatic carbocycles. The average Bonchev–Trinajstić information content (AvgIpc) is 2.64. The number of thiocarbonyl (C=S) groups is 1. The molecule has 17 heavy (non-hydrogen) atoms. The van der Waals surface area contributed by atoms with E-state index in [1.165, 1.54) is 6.92 Å². The van der Waals surface area contributed by atoms with Gasteiger partial charge in [-0.25, -0.2) is 13.1 Å². The van der Waals surface area contributed by atoms with E-state index in [0.29, 0.717) is 5.25 Å². The van der Waals surface area contributed by atoms with E-state index in [2.05, 4.69) is 11.6 Å². The Balaban J connectivity index is 2.53. The number of rotatable bonds is 6. The highest BCUT2D eigenvalue weighted by Gasteiger charge is 2.31. The van der Waals surface area contributed by atoms with Gasteiger partial charge < -0.3 is 5.73 Å². The van der Waals surface area contributed by atoms with Crippen molar-refractivity contribution in [2.24, 2.45) is 5.73 Å². The van der Waals surface area contributed by atoms with Gasteiger partial charge in [-0.15, -0.1) is 0 Å². The number of sulfonamides is 1. The molecule has 0 spiro atoms. The maximum atomic E-state index is 11.9. The van der Waals surface area contributed by atoms with Crippen LogP contribution in [0, 0.1) is 0 Å². The predicted molar refractivity (Wildman–Crippen MR) is 77.9 cm³/mol. The van der Waals surface area contributed by atoms with E-state index in [1.54, 1.807) is 0 Å². The lowest BCUT2D eigenvalue weighted by atomic mass is 10.3. The van der Waals surface area contributed by atoms with Gasteiger partial charge in [-0.05, 0) is 31.9 Å². The zero-order valence-electron chi connectivity index (χ0n) is 10.2. The monoisotopic (exact) mass is 296 g/mol. The van der Waals surface area contributed by atoms with Crippen LogP contribution in [-0.4, -0.2) is 35.7 Å². The predicted octanol–water partition coefficient (Wildman–Crippen LogP) is 1.25. The molecule has 1 rings (SSSR count). The Hall–Kier alpha value is 0.150. The van der Waals surface area contributed by atoms with Gasteiger partial charge in [0, 0.05) is 11.3 Å². The number of thioether (sulfide) groups is 1. The van der Waals surface area contributed by atoms with Gasteiger partial charge >= 0.3 is 0 Å². The largest absolute Gasteiger partial charge is 0.392 e. The molecule has 0 aliphatic heterocycles. The van der Waals surface area contributed by atoms with Gasteiger partial charge in [-0.1, -0.05) is 19.1 Å². The lowest BCUT2D eigenvalue weighted by Gasteiger charge is -2.17. The maximum absolute atomic E-state index is 11.9. The molecule has 1 aliphatic rings. The quantitative estimate of drug-likeness (QED) is 0.722. The lowest BCUT2D eigenvalue weighted by Crippen LogP contribution is -2.43. The van der Waals surface area contributed by atoms with Crippen molar-refractivity contribution in [2.45, 2.75) is 49.7 Å². The third-order valence-electron chi connectivity index (χ3n) is 2.98. The van der Waals surface area contributed by atoms with Gasteiger partial charge in [-0.2, -0.15) is 11.8 Å². The van der Waals surface area contributed by atoms with E-state index in [0.717, 1.165) is 25.0 Å². The van der Waals surface area contributed by atoms with Gasteiger partial charge in [0.15, 0.2) is 0 Å². The fraction of sp³-hybridized carbons (Fsp3) is 0.900. The maximum Gasteiger partial charge on any atom is 0.220 e. The topological polar surface area (TPSA) is 72.2 Å². The summed E-state index contributed by atoms with van der Waals surface area (Å²) in [6.45, 7) is 3.65. The van der Waals surface area contributed by atoms with Crippen LogP contribution in [0.5, 0.6) is 0 Å². The van der Waals surface area contributed by atoms with E-state index in [1.807, 2.05) is 11.8 Å². The summed E-state index contributed by atoms with van der Waals surface area (Å²) in [4.78, 5) is 0.0231. The molecule has 0 heterocycles. The Morgan fingerprint density at radius 1 is 1.59 bits per heavy atom. The number of hydrogen-bond acceptors (Lipinski definition) is 4. The Morgan fingerprint density at radius 3 is 2.76 bits per heavy atom. The van der Waals surface area contributed by atoms with Gasteiger partial charge in [0.2, 0.25) is 10.0 Å². The summed E-state index contributed by atoms with van der Waals surface area (Å²) in [6, 6.07) is 0.0425. The molecule has 0 aromatic rings. The van der Waals surface area contributed by atoms with Crippen molar-refractivity contribution in [1.29, 1.82) is 0 Å². The van der Waals surface area contributed by atoms with E-state index >= 15 is 0 Å². The third kappa shape index (κ3) is 4.39. The smallest absolute Gasteiger partial charge is 0.220 e. The second-order valence-electron chi connectivity index (χ2n) is 4.29. The molecule has 0 aromatic heterocycles. The molecule has 1 fully saturated rings. The minimum atomic E-state index is -3.41. The van der Waals surface area contributed by atoms with Crippen molar-refractivity contribution in [3.8, 4) is 0 Å². The van der Waals surface area contributed by atoms with Crippen LogP contribution in [0.3, 0.4) is 0 Å². The van der Waals surface area contributed by atoms with Crippen LogP contribution in [0.15, 0.2) is 0 Å². The molecular weight excluding hydrogens is 276 g/mol. The van der Waals surface area contributed by atoms with E-state index < -0.39 is 15.3 Å². The summed E-state index contributed by atoms with van der Waals surface area (Å²) < 4.78 is 26.5. The van der Waals surface area contributed by atoms with Gasteiger partial charge in [-0.3, -0.25) is 0 Å². The Kier molecular flexibility index (Phi) is 5.69. The second-order valence-corrected chi connectivity index (χ2v) is 8.38. The first-order valence-electron chi connectivity index (χ1n) is 5.79. The van der Waals surface area contributed by atoms with Crippen LogP contribution in [0.4, 0.5) is 0 Å². The fourth-order valence-electron chi connectivity index (χ4n) is 1.92. The highest BCUT2D eigenvalue weighted by atomic mass is 32.2. The highest BCUT2D eigenvalue weighted by molar-refractivity contribution is 7.99. The molecule has 100 valence electrons. The van der Waals surface area contributed by atoms with Crippen molar-refractivity contribution < 1.29 is 8.42 Å². The number of nitrogens with two attached hydrogens (primary N) is 1. The first-order chi connectivity index (χ1) is 7.86. The number of hydrogen-bond donors (Lipinski definition) is 2. The highest BCUT2D eigenvalue weighted by Crippen LogP contribution is 2.30. The summed E-state index contributed by atoms with van der Waals surface area (Å²) in [5.74, 6) is 1.08. The van der Waals surface area contributed by atoms with Crippen LogP contribution < -0.4 is 10.5 Å². The zero-order valence-corrected chi connectivity index (χ0v) is 12.6. The van der Waals surface area contributed by atoms with Crippen molar-refractivity contribution >= 4 is 39.0 Å². The minimum Gasteiger partial charge on any atom is -0.392 e. The third-order valence-corrected chi connectivity index (χ3v) is 6.57. The molecule has 7 heteroatoms. The van der Waals surface area contributed by atoms with Crippen molar-refractivity contribution in [2.75, 3.05) is 5.75 Å². The molecular formula is C10H20N2O2S3. The van der Waals surface area contributed by atoms with Crippen molar-refractivity contribution in [1.82, 2.24) is 4.72 Å². The summed E-state index contributed by atoms with van der Waals surface area (Å²) >= 11 is 6.62. The minimum absolute atomic E-state index is 0.0231. The van der Waals surface area contributed by atoms with E-state index in [9.17, 15) is 8.42 Å². The van der Waals surface area contributed by atoms with Crippen LogP contribution >= 0.6 is 24.0 Å².